The van der Waals surface area contributed by atoms with Crippen molar-refractivity contribution >= 4 is 0 Å². The van der Waals surface area contributed by atoms with Crippen molar-refractivity contribution < 1.29 is 5.11 Å². The van der Waals surface area contributed by atoms with Crippen molar-refractivity contribution in [3.63, 3.8) is 0 Å². The lowest BCUT2D eigenvalue weighted by atomic mass is 9.75. The molecule has 1 aliphatic carbocycles. The van der Waals surface area contributed by atoms with E-state index in [4.69, 9.17) is 0 Å². The monoisotopic (exact) mass is 205 g/mol. The number of aryl methyl sites for hydroxylation is 1. The van der Waals surface area contributed by atoms with Gasteiger partial charge in [-0.1, -0.05) is 13.0 Å². The van der Waals surface area contributed by atoms with E-state index >= 15 is 0 Å². The van der Waals surface area contributed by atoms with Crippen molar-refractivity contribution in [1.29, 1.82) is 0 Å². The third-order valence-corrected chi connectivity index (χ3v) is 3.66. The first kappa shape index (κ1) is 10.6. The summed E-state index contributed by atoms with van der Waals surface area (Å²) in [6.45, 7) is 3.97. The van der Waals surface area contributed by atoms with Gasteiger partial charge in [0.15, 0.2) is 0 Å². The number of rotatable bonds is 2. The molecule has 1 aromatic heterocycles. The van der Waals surface area contributed by atoms with Crippen molar-refractivity contribution in [2.24, 2.45) is 0 Å². The average molecular weight is 205 g/mol. The fraction of sp³-hybridized carbons (Fsp3) is 0.615. The summed E-state index contributed by atoms with van der Waals surface area (Å²) in [7, 11) is 0. The number of hydrogen-bond acceptors (Lipinski definition) is 2. The van der Waals surface area contributed by atoms with Crippen LogP contribution in [0.25, 0.3) is 0 Å². The number of aliphatic hydroxyl groups is 1. The first-order valence-electron chi connectivity index (χ1n) is 5.81. The van der Waals surface area contributed by atoms with E-state index in [9.17, 15) is 5.11 Å². The van der Waals surface area contributed by atoms with Gasteiger partial charge in [-0.05, 0) is 44.2 Å². The van der Waals surface area contributed by atoms with E-state index in [0.717, 1.165) is 25.0 Å². The van der Waals surface area contributed by atoms with Crippen molar-refractivity contribution in [2.75, 3.05) is 0 Å². The highest BCUT2D eigenvalue weighted by Gasteiger charge is 2.35. The van der Waals surface area contributed by atoms with Gasteiger partial charge >= 0.3 is 0 Å². The van der Waals surface area contributed by atoms with Gasteiger partial charge in [0.05, 0.1) is 5.60 Å². The van der Waals surface area contributed by atoms with E-state index in [-0.39, 0.29) is 5.92 Å². The van der Waals surface area contributed by atoms with Gasteiger partial charge < -0.3 is 5.11 Å². The third-order valence-electron chi connectivity index (χ3n) is 3.66. The molecule has 15 heavy (non-hydrogen) atoms. The average Bonchev–Trinajstić information content (AvgIpc) is 2.28. The molecule has 82 valence electrons. The highest BCUT2D eigenvalue weighted by atomic mass is 16.3. The predicted molar refractivity (Wildman–Crippen MR) is 60.8 cm³/mol. The van der Waals surface area contributed by atoms with Gasteiger partial charge in [0.1, 0.15) is 0 Å². The van der Waals surface area contributed by atoms with Crippen molar-refractivity contribution in [1.82, 2.24) is 4.98 Å². The third kappa shape index (κ3) is 1.91. The topological polar surface area (TPSA) is 33.1 Å². The highest BCUT2D eigenvalue weighted by molar-refractivity contribution is 5.28. The molecule has 0 fully saturated rings. The zero-order valence-corrected chi connectivity index (χ0v) is 9.53. The summed E-state index contributed by atoms with van der Waals surface area (Å²) < 4.78 is 0. The molecule has 0 aliphatic heterocycles. The van der Waals surface area contributed by atoms with Crippen LogP contribution in [-0.2, 0) is 6.42 Å². The largest absolute Gasteiger partial charge is 0.389 e. The Hall–Kier alpha value is -0.890. The minimum absolute atomic E-state index is 0.215. The molecule has 0 saturated heterocycles. The number of nitrogens with zero attached hydrogens (tertiary/aromatic N) is 1. The Labute approximate surface area is 91.4 Å². The molecule has 0 radical (unpaired) electrons. The molecule has 0 spiro atoms. The highest BCUT2D eigenvalue weighted by Crippen LogP contribution is 2.39. The zero-order chi connectivity index (χ0) is 10.9. The molecule has 0 saturated carbocycles. The van der Waals surface area contributed by atoms with Crippen LogP contribution in [0.3, 0.4) is 0 Å². The van der Waals surface area contributed by atoms with Crippen molar-refractivity contribution in [2.45, 2.75) is 51.0 Å². The van der Waals surface area contributed by atoms with Gasteiger partial charge in [-0.3, -0.25) is 4.98 Å². The molecule has 0 amide bonds. The molecule has 2 rings (SSSR count). The number of aromatic nitrogens is 1. The minimum Gasteiger partial charge on any atom is -0.389 e. The molecule has 1 heterocycles. The summed E-state index contributed by atoms with van der Waals surface area (Å²) in [6.07, 6.45) is 5.96. The SMILES string of the molecule is CCC(C)(O)C1CCCc2cccnc21. The second-order valence-electron chi connectivity index (χ2n) is 4.70. The Morgan fingerprint density at radius 1 is 1.60 bits per heavy atom. The predicted octanol–water partition coefficient (Wildman–Crippen LogP) is 2.66. The van der Waals surface area contributed by atoms with Gasteiger partial charge in [-0.2, -0.15) is 0 Å². The lowest BCUT2D eigenvalue weighted by molar-refractivity contribution is 0.0194. The van der Waals surface area contributed by atoms with E-state index < -0.39 is 5.60 Å². The number of pyridine rings is 1. The van der Waals surface area contributed by atoms with Gasteiger partial charge in [0.2, 0.25) is 0 Å². The van der Waals surface area contributed by atoms with E-state index in [1.165, 1.54) is 12.0 Å². The lowest BCUT2D eigenvalue weighted by Crippen LogP contribution is -2.34. The standard InChI is InChI=1S/C13H19NO/c1-3-13(2,15)11-8-4-6-10-7-5-9-14-12(10)11/h5,7,9,11,15H,3-4,6,8H2,1-2H3. The van der Waals surface area contributed by atoms with Gasteiger partial charge in [-0.15, -0.1) is 0 Å². The number of fused-ring (bicyclic) bond motifs is 1. The summed E-state index contributed by atoms with van der Waals surface area (Å²) in [5.41, 5.74) is 1.84. The van der Waals surface area contributed by atoms with E-state index in [1.54, 1.807) is 0 Å². The molecule has 2 nitrogen and oxygen atoms in total. The zero-order valence-electron chi connectivity index (χ0n) is 9.53. The maximum absolute atomic E-state index is 10.4. The van der Waals surface area contributed by atoms with E-state index in [2.05, 4.69) is 11.1 Å². The fourth-order valence-corrected chi connectivity index (χ4v) is 2.46. The maximum atomic E-state index is 10.4. The maximum Gasteiger partial charge on any atom is 0.0700 e. The first-order valence-corrected chi connectivity index (χ1v) is 5.81. The summed E-state index contributed by atoms with van der Waals surface area (Å²) >= 11 is 0. The van der Waals surface area contributed by atoms with Crippen LogP contribution in [0.1, 0.15) is 50.3 Å². The Balaban J connectivity index is 2.38. The second-order valence-corrected chi connectivity index (χ2v) is 4.70. The summed E-state index contributed by atoms with van der Waals surface area (Å²) in [5, 5.41) is 10.4. The van der Waals surface area contributed by atoms with Crippen LogP contribution in [0.15, 0.2) is 18.3 Å². The molecular formula is C13H19NO. The molecule has 2 unspecified atom stereocenters. The fourth-order valence-electron chi connectivity index (χ4n) is 2.46. The van der Waals surface area contributed by atoms with Crippen LogP contribution >= 0.6 is 0 Å². The van der Waals surface area contributed by atoms with E-state index in [0.29, 0.717) is 0 Å². The summed E-state index contributed by atoms with van der Waals surface area (Å²) in [5.74, 6) is 0.215. The van der Waals surface area contributed by atoms with Crippen LogP contribution in [0.5, 0.6) is 0 Å². The molecule has 1 aromatic rings. The molecule has 0 aromatic carbocycles. The summed E-state index contributed by atoms with van der Waals surface area (Å²) in [6, 6.07) is 4.13. The molecular weight excluding hydrogens is 186 g/mol. The van der Waals surface area contributed by atoms with Crippen LogP contribution in [0, 0.1) is 0 Å². The molecule has 2 heteroatoms. The first-order chi connectivity index (χ1) is 7.15. The van der Waals surface area contributed by atoms with E-state index in [1.807, 2.05) is 26.1 Å². The molecule has 0 bridgehead atoms. The van der Waals surface area contributed by atoms with Gasteiger partial charge in [0.25, 0.3) is 0 Å². The Bertz CT molecular complexity index is 346. The van der Waals surface area contributed by atoms with Crippen molar-refractivity contribution in [3.8, 4) is 0 Å². The quantitative estimate of drug-likeness (QED) is 0.805. The minimum atomic E-state index is -0.608. The molecule has 2 atom stereocenters. The number of hydrogen-bond donors (Lipinski definition) is 1. The smallest absolute Gasteiger partial charge is 0.0700 e. The lowest BCUT2D eigenvalue weighted by Gasteiger charge is -2.35. The molecule has 1 aliphatic rings. The van der Waals surface area contributed by atoms with Crippen molar-refractivity contribution in [3.05, 3.63) is 29.6 Å². The van der Waals surface area contributed by atoms with Crippen LogP contribution in [0.2, 0.25) is 0 Å². The Morgan fingerprint density at radius 2 is 2.40 bits per heavy atom. The Kier molecular flexibility index (Phi) is 2.79. The van der Waals surface area contributed by atoms with Gasteiger partial charge in [0, 0.05) is 17.8 Å². The normalized spacial score (nSPS) is 24.3. The second kappa shape index (κ2) is 3.93. The van der Waals surface area contributed by atoms with Crippen LogP contribution in [0.4, 0.5) is 0 Å². The van der Waals surface area contributed by atoms with Crippen LogP contribution in [-0.4, -0.2) is 15.7 Å². The van der Waals surface area contributed by atoms with Gasteiger partial charge in [-0.25, -0.2) is 0 Å². The summed E-state index contributed by atoms with van der Waals surface area (Å²) in [4.78, 5) is 4.45. The molecule has 1 N–H and O–H groups in total. The Morgan fingerprint density at radius 3 is 3.13 bits per heavy atom. The van der Waals surface area contributed by atoms with Crippen LogP contribution < -0.4 is 0 Å².